The van der Waals surface area contributed by atoms with Gasteiger partial charge in [0.1, 0.15) is 5.75 Å². The van der Waals surface area contributed by atoms with Crippen LogP contribution in [0.15, 0.2) is 48.5 Å². The standard InChI is InChI=1S/C24H27N7OS/c32-19-11-9-17(10-12-19)22(23-26-27-28-31(23)18-5-1-2-6-18)29-13-15-30(16-14-29)24-25-20-7-3-4-8-21(20)33-24/h3-4,7-12,18,22,32H,1-2,5-6,13-16H2. The fraction of sp³-hybridized carbons (Fsp3) is 0.417. The molecule has 6 rings (SSSR count). The summed E-state index contributed by atoms with van der Waals surface area (Å²) in [4.78, 5) is 9.70. The molecule has 2 aromatic carbocycles. The van der Waals surface area contributed by atoms with Crippen LogP contribution in [0.4, 0.5) is 5.13 Å². The number of benzene rings is 2. The number of phenolic OH excluding ortho intramolecular Hbond substituents is 1. The topological polar surface area (TPSA) is 83.2 Å². The molecule has 2 aromatic heterocycles. The molecule has 8 nitrogen and oxygen atoms in total. The molecule has 3 heterocycles. The van der Waals surface area contributed by atoms with Gasteiger partial charge in [-0.15, -0.1) is 5.10 Å². The van der Waals surface area contributed by atoms with E-state index in [9.17, 15) is 5.11 Å². The van der Waals surface area contributed by atoms with Gasteiger partial charge in [0.15, 0.2) is 11.0 Å². The van der Waals surface area contributed by atoms with Gasteiger partial charge in [-0.25, -0.2) is 9.67 Å². The highest BCUT2D eigenvalue weighted by Crippen LogP contribution is 2.36. The number of hydrogen-bond acceptors (Lipinski definition) is 8. The highest BCUT2D eigenvalue weighted by molar-refractivity contribution is 7.22. The van der Waals surface area contributed by atoms with Crippen molar-refractivity contribution in [2.24, 2.45) is 0 Å². The minimum absolute atomic E-state index is 0.0429. The summed E-state index contributed by atoms with van der Waals surface area (Å²) in [6, 6.07) is 16.1. The molecule has 1 atom stereocenters. The van der Waals surface area contributed by atoms with Gasteiger partial charge in [-0.3, -0.25) is 4.90 Å². The third kappa shape index (κ3) is 3.95. The smallest absolute Gasteiger partial charge is 0.186 e. The van der Waals surface area contributed by atoms with E-state index in [-0.39, 0.29) is 11.8 Å². The number of thiazole rings is 1. The van der Waals surface area contributed by atoms with Gasteiger partial charge in [0.2, 0.25) is 0 Å². The number of piperazine rings is 1. The molecule has 1 N–H and O–H groups in total. The van der Waals surface area contributed by atoms with Crippen LogP contribution in [0.25, 0.3) is 10.2 Å². The van der Waals surface area contributed by atoms with Crippen molar-refractivity contribution in [3.8, 4) is 5.75 Å². The Labute approximate surface area is 196 Å². The molecule has 9 heteroatoms. The van der Waals surface area contributed by atoms with Crippen LogP contribution < -0.4 is 4.90 Å². The van der Waals surface area contributed by atoms with Gasteiger partial charge in [-0.2, -0.15) is 0 Å². The van der Waals surface area contributed by atoms with Crippen molar-refractivity contribution >= 4 is 26.7 Å². The van der Waals surface area contributed by atoms with E-state index in [0.29, 0.717) is 6.04 Å². The molecule has 0 amide bonds. The van der Waals surface area contributed by atoms with Crippen LogP contribution in [-0.2, 0) is 0 Å². The zero-order valence-electron chi connectivity index (χ0n) is 18.4. The number of para-hydroxylation sites is 1. The van der Waals surface area contributed by atoms with Gasteiger partial charge in [0, 0.05) is 26.2 Å². The quantitative estimate of drug-likeness (QED) is 0.481. The van der Waals surface area contributed by atoms with Crippen LogP contribution in [0.5, 0.6) is 5.75 Å². The van der Waals surface area contributed by atoms with E-state index in [1.165, 1.54) is 17.5 Å². The number of anilines is 1. The van der Waals surface area contributed by atoms with Crippen LogP contribution in [0.1, 0.15) is 49.2 Å². The van der Waals surface area contributed by atoms with Gasteiger partial charge in [0.25, 0.3) is 0 Å². The molecule has 2 fully saturated rings. The summed E-state index contributed by atoms with van der Waals surface area (Å²) in [5, 5.41) is 23.9. The number of aromatic nitrogens is 5. The molecule has 1 saturated heterocycles. The summed E-state index contributed by atoms with van der Waals surface area (Å²) in [6.07, 6.45) is 4.72. The Bertz CT molecular complexity index is 1190. The van der Waals surface area contributed by atoms with Crippen LogP contribution in [0, 0.1) is 0 Å². The lowest BCUT2D eigenvalue weighted by Gasteiger charge is -2.39. The Morgan fingerprint density at radius 2 is 1.70 bits per heavy atom. The van der Waals surface area contributed by atoms with E-state index in [2.05, 4.69) is 48.2 Å². The summed E-state index contributed by atoms with van der Waals surface area (Å²) in [6.45, 7) is 3.58. The Morgan fingerprint density at radius 3 is 2.45 bits per heavy atom. The van der Waals surface area contributed by atoms with Crippen LogP contribution in [0.2, 0.25) is 0 Å². The third-order valence-corrected chi connectivity index (χ3v) is 7.97. The molecular weight excluding hydrogens is 434 g/mol. The average molecular weight is 462 g/mol. The maximum absolute atomic E-state index is 9.86. The molecule has 0 spiro atoms. The molecule has 1 saturated carbocycles. The molecule has 170 valence electrons. The maximum atomic E-state index is 9.86. The highest BCUT2D eigenvalue weighted by Gasteiger charge is 2.33. The van der Waals surface area contributed by atoms with E-state index in [1.54, 1.807) is 23.5 Å². The van der Waals surface area contributed by atoms with E-state index in [0.717, 1.165) is 61.1 Å². The SMILES string of the molecule is Oc1ccc(C(c2nnnn2C2CCCC2)N2CCN(c3nc4ccccc4s3)CC2)cc1. The van der Waals surface area contributed by atoms with E-state index in [1.807, 2.05) is 18.2 Å². The fourth-order valence-electron chi connectivity index (χ4n) is 5.14. The first-order valence-electron chi connectivity index (χ1n) is 11.7. The molecule has 1 aliphatic heterocycles. The van der Waals surface area contributed by atoms with Crippen LogP contribution >= 0.6 is 11.3 Å². The van der Waals surface area contributed by atoms with Crippen molar-refractivity contribution in [1.29, 1.82) is 0 Å². The van der Waals surface area contributed by atoms with E-state index >= 15 is 0 Å². The number of phenols is 1. The van der Waals surface area contributed by atoms with Crippen molar-refractivity contribution in [2.45, 2.75) is 37.8 Å². The maximum Gasteiger partial charge on any atom is 0.186 e. The second-order valence-corrected chi connectivity index (χ2v) is 9.91. The minimum Gasteiger partial charge on any atom is -0.508 e. The van der Waals surface area contributed by atoms with Crippen LogP contribution in [0.3, 0.4) is 0 Å². The summed E-state index contributed by atoms with van der Waals surface area (Å²) in [5.41, 5.74) is 2.17. The predicted octanol–water partition coefficient (Wildman–Crippen LogP) is 4.02. The van der Waals surface area contributed by atoms with Crippen molar-refractivity contribution in [3.05, 3.63) is 59.9 Å². The van der Waals surface area contributed by atoms with Crippen LogP contribution in [-0.4, -0.2) is 61.4 Å². The number of tetrazole rings is 1. The van der Waals surface area contributed by atoms with Gasteiger partial charge in [-0.05, 0) is 53.1 Å². The van der Waals surface area contributed by atoms with Gasteiger partial charge < -0.3 is 10.0 Å². The number of nitrogens with zero attached hydrogens (tertiary/aromatic N) is 7. The number of hydrogen-bond donors (Lipinski definition) is 1. The second-order valence-electron chi connectivity index (χ2n) is 8.90. The summed E-state index contributed by atoms with van der Waals surface area (Å²) in [7, 11) is 0. The van der Waals surface area contributed by atoms with Gasteiger partial charge in [0.05, 0.1) is 22.3 Å². The number of fused-ring (bicyclic) bond motifs is 1. The Hall–Kier alpha value is -3.04. The Balaban J connectivity index is 1.28. The molecule has 4 aromatic rings. The zero-order chi connectivity index (χ0) is 22.2. The zero-order valence-corrected chi connectivity index (χ0v) is 19.2. The lowest BCUT2D eigenvalue weighted by Crippen LogP contribution is -2.48. The summed E-state index contributed by atoms with van der Waals surface area (Å²) in [5.74, 6) is 1.18. The number of rotatable bonds is 5. The summed E-state index contributed by atoms with van der Waals surface area (Å²) < 4.78 is 3.29. The molecular formula is C24H27N7OS. The molecule has 33 heavy (non-hydrogen) atoms. The normalized spacial score (nSPS) is 18.8. The molecule has 1 aliphatic carbocycles. The monoisotopic (exact) mass is 461 g/mol. The first-order chi connectivity index (χ1) is 16.3. The molecule has 1 unspecified atom stereocenters. The Kier molecular flexibility index (Phi) is 5.43. The average Bonchev–Trinajstić information content (AvgIpc) is 3.61. The van der Waals surface area contributed by atoms with E-state index < -0.39 is 0 Å². The number of aromatic hydroxyl groups is 1. The van der Waals surface area contributed by atoms with Crippen molar-refractivity contribution in [1.82, 2.24) is 30.1 Å². The lowest BCUT2D eigenvalue weighted by molar-refractivity contribution is 0.197. The van der Waals surface area contributed by atoms with Gasteiger partial charge >= 0.3 is 0 Å². The minimum atomic E-state index is -0.0429. The predicted molar refractivity (Wildman–Crippen MR) is 129 cm³/mol. The lowest BCUT2D eigenvalue weighted by atomic mass is 10.0. The third-order valence-electron chi connectivity index (χ3n) is 6.87. The first-order valence-corrected chi connectivity index (χ1v) is 12.5. The highest BCUT2D eigenvalue weighted by atomic mass is 32.1. The molecule has 0 radical (unpaired) electrons. The summed E-state index contributed by atoms with van der Waals surface area (Å²) >= 11 is 1.76. The second kappa shape index (κ2) is 8.72. The van der Waals surface area contributed by atoms with Crippen molar-refractivity contribution < 1.29 is 5.11 Å². The van der Waals surface area contributed by atoms with Gasteiger partial charge in [-0.1, -0.05) is 48.4 Å². The first kappa shape index (κ1) is 20.6. The molecule has 0 bridgehead atoms. The van der Waals surface area contributed by atoms with Crippen molar-refractivity contribution in [2.75, 3.05) is 31.1 Å². The van der Waals surface area contributed by atoms with E-state index in [4.69, 9.17) is 4.98 Å². The Morgan fingerprint density at radius 1 is 0.939 bits per heavy atom. The fourth-order valence-corrected chi connectivity index (χ4v) is 6.15. The van der Waals surface area contributed by atoms with Crippen molar-refractivity contribution in [3.63, 3.8) is 0 Å². The molecule has 2 aliphatic rings. The largest absolute Gasteiger partial charge is 0.508 e.